The third-order valence-electron chi connectivity index (χ3n) is 6.49. The van der Waals surface area contributed by atoms with Crippen LogP contribution < -0.4 is 0 Å². The molecular formula is C33H24N2. The zero-order valence-corrected chi connectivity index (χ0v) is 19.5. The van der Waals surface area contributed by atoms with Crippen LogP contribution in [0.25, 0.3) is 55.5 Å². The summed E-state index contributed by atoms with van der Waals surface area (Å²) in [4.78, 5) is 9.52. The van der Waals surface area contributed by atoms with Gasteiger partial charge in [0, 0.05) is 28.9 Å². The largest absolute Gasteiger partial charge is 0.256 e. The van der Waals surface area contributed by atoms with E-state index in [-0.39, 0.29) is 0 Å². The summed E-state index contributed by atoms with van der Waals surface area (Å²) in [6, 6.07) is 40.5. The maximum atomic E-state index is 4.84. The van der Waals surface area contributed by atoms with Gasteiger partial charge in [-0.3, -0.25) is 9.97 Å². The molecule has 0 aliphatic rings. The van der Waals surface area contributed by atoms with Crippen molar-refractivity contribution in [3.05, 3.63) is 133 Å². The summed E-state index contributed by atoms with van der Waals surface area (Å²) in [5.74, 6) is 0. The molecule has 2 aromatic heterocycles. The minimum atomic E-state index is 0.965. The van der Waals surface area contributed by atoms with E-state index >= 15 is 0 Å². The monoisotopic (exact) mass is 448 g/mol. The summed E-state index contributed by atoms with van der Waals surface area (Å²) in [5, 5.41) is 1.14. The van der Waals surface area contributed by atoms with Gasteiger partial charge in [0.2, 0.25) is 0 Å². The van der Waals surface area contributed by atoms with E-state index < -0.39 is 0 Å². The fourth-order valence-corrected chi connectivity index (χ4v) is 4.80. The third-order valence-corrected chi connectivity index (χ3v) is 6.49. The first-order valence-electron chi connectivity index (χ1n) is 11.8. The molecule has 6 rings (SSSR count). The molecule has 2 heterocycles. The van der Waals surface area contributed by atoms with E-state index in [0.717, 1.165) is 27.7 Å². The Morgan fingerprint density at radius 2 is 1.20 bits per heavy atom. The molecule has 0 N–H and O–H groups in total. The smallest absolute Gasteiger partial charge is 0.0786 e. The third kappa shape index (κ3) is 3.89. The first-order chi connectivity index (χ1) is 17.3. The summed E-state index contributed by atoms with van der Waals surface area (Å²) >= 11 is 0. The van der Waals surface area contributed by atoms with Crippen molar-refractivity contribution in [2.45, 2.75) is 6.92 Å². The number of pyridine rings is 2. The van der Waals surface area contributed by atoms with E-state index in [9.17, 15) is 0 Å². The number of benzene rings is 4. The Bertz CT molecular complexity index is 1620. The minimum absolute atomic E-state index is 0.965. The number of hydrogen-bond acceptors (Lipinski definition) is 2. The van der Waals surface area contributed by atoms with Crippen LogP contribution in [0.4, 0.5) is 0 Å². The molecule has 166 valence electrons. The van der Waals surface area contributed by atoms with Gasteiger partial charge in [-0.15, -0.1) is 0 Å². The van der Waals surface area contributed by atoms with Crippen LogP contribution in [0.5, 0.6) is 0 Å². The molecule has 0 fully saturated rings. The van der Waals surface area contributed by atoms with Crippen LogP contribution in [-0.2, 0) is 0 Å². The number of hydrogen-bond donors (Lipinski definition) is 0. The second-order valence-corrected chi connectivity index (χ2v) is 8.74. The van der Waals surface area contributed by atoms with E-state index in [0.29, 0.717) is 0 Å². The van der Waals surface area contributed by atoms with Crippen molar-refractivity contribution in [1.82, 2.24) is 9.97 Å². The molecule has 35 heavy (non-hydrogen) atoms. The van der Waals surface area contributed by atoms with E-state index in [1.54, 1.807) is 0 Å². The first-order valence-corrected chi connectivity index (χ1v) is 11.8. The highest BCUT2D eigenvalue weighted by molar-refractivity contribution is 6.06. The predicted molar refractivity (Wildman–Crippen MR) is 146 cm³/mol. The van der Waals surface area contributed by atoms with Gasteiger partial charge in [-0.05, 0) is 52.9 Å². The highest BCUT2D eigenvalue weighted by atomic mass is 14.7. The highest BCUT2D eigenvalue weighted by Gasteiger charge is 2.17. The van der Waals surface area contributed by atoms with Gasteiger partial charge in [0.15, 0.2) is 0 Å². The lowest BCUT2D eigenvalue weighted by Gasteiger charge is -2.18. The summed E-state index contributed by atoms with van der Waals surface area (Å²) in [6.45, 7) is 2.11. The van der Waals surface area contributed by atoms with Crippen LogP contribution in [0.1, 0.15) is 5.56 Å². The molecule has 0 aliphatic heterocycles. The second-order valence-electron chi connectivity index (χ2n) is 8.74. The molecule has 2 nitrogen and oxygen atoms in total. The van der Waals surface area contributed by atoms with Crippen LogP contribution in [0, 0.1) is 6.92 Å². The van der Waals surface area contributed by atoms with E-state index in [1.807, 2.05) is 30.6 Å². The number of aryl methyl sites for hydroxylation is 1. The van der Waals surface area contributed by atoms with Crippen molar-refractivity contribution in [3.8, 4) is 44.6 Å². The number of nitrogens with zero attached hydrogens (tertiary/aromatic N) is 2. The van der Waals surface area contributed by atoms with Gasteiger partial charge in [0.05, 0.1) is 11.2 Å². The van der Waals surface area contributed by atoms with E-state index in [2.05, 4.69) is 109 Å². The van der Waals surface area contributed by atoms with Gasteiger partial charge in [-0.2, -0.15) is 0 Å². The minimum Gasteiger partial charge on any atom is -0.256 e. The number of fused-ring (bicyclic) bond motifs is 1. The normalized spacial score (nSPS) is 11.0. The second kappa shape index (κ2) is 9.00. The van der Waals surface area contributed by atoms with Gasteiger partial charge >= 0.3 is 0 Å². The van der Waals surface area contributed by atoms with Gasteiger partial charge < -0.3 is 0 Å². The summed E-state index contributed by atoms with van der Waals surface area (Å²) in [6.07, 6.45) is 3.73. The van der Waals surface area contributed by atoms with Crippen molar-refractivity contribution in [2.24, 2.45) is 0 Å². The molecular weight excluding hydrogens is 424 g/mol. The average Bonchev–Trinajstić information content (AvgIpc) is 2.93. The Labute approximate surface area is 205 Å². The predicted octanol–water partition coefficient (Wildman–Crippen LogP) is 8.61. The first kappa shape index (κ1) is 21.0. The molecule has 0 radical (unpaired) electrons. The molecule has 4 aromatic carbocycles. The number of rotatable bonds is 4. The lowest BCUT2D eigenvalue weighted by molar-refractivity contribution is 1.33. The molecule has 6 aromatic rings. The lowest BCUT2D eigenvalue weighted by atomic mass is 9.86. The standard InChI is InChI=1S/C33H24N2/c1-23-15-17-24(18-16-23)26-19-20-27(29-13-8-22-35-33(26)29)28-11-7-12-30(31-14-5-6-21-34-31)32(28)25-9-3-2-4-10-25/h2-22H,1H3. The molecule has 0 amide bonds. The van der Waals surface area contributed by atoms with Crippen molar-refractivity contribution >= 4 is 10.9 Å². The number of aromatic nitrogens is 2. The summed E-state index contributed by atoms with van der Waals surface area (Å²) in [7, 11) is 0. The van der Waals surface area contributed by atoms with Crippen LogP contribution in [-0.4, -0.2) is 9.97 Å². The Balaban J connectivity index is 1.64. The maximum Gasteiger partial charge on any atom is 0.0786 e. The van der Waals surface area contributed by atoms with Crippen LogP contribution in [0.2, 0.25) is 0 Å². The Morgan fingerprint density at radius 3 is 2.00 bits per heavy atom. The molecule has 0 bridgehead atoms. The zero-order valence-electron chi connectivity index (χ0n) is 19.5. The highest BCUT2D eigenvalue weighted by Crippen LogP contribution is 2.42. The summed E-state index contributed by atoms with van der Waals surface area (Å²) in [5.41, 5.74) is 11.4. The van der Waals surface area contributed by atoms with Crippen molar-refractivity contribution in [1.29, 1.82) is 0 Å². The quantitative estimate of drug-likeness (QED) is 0.270. The van der Waals surface area contributed by atoms with Crippen LogP contribution >= 0.6 is 0 Å². The van der Waals surface area contributed by atoms with Gasteiger partial charge in [-0.25, -0.2) is 0 Å². The molecule has 0 atom stereocenters. The van der Waals surface area contributed by atoms with Crippen LogP contribution in [0.15, 0.2) is 128 Å². The van der Waals surface area contributed by atoms with Crippen LogP contribution in [0.3, 0.4) is 0 Å². The Hall–Kier alpha value is -4.56. The van der Waals surface area contributed by atoms with Crippen molar-refractivity contribution in [2.75, 3.05) is 0 Å². The topological polar surface area (TPSA) is 25.8 Å². The van der Waals surface area contributed by atoms with Gasteiger partial charge in [-0.1, -0.05) is 103 Å². The maximum absolute atomic E-state index is 4.84. The molecule has 0 unspecified atom stereocenters. The van der Waals surface area contributed by atoms with Gasteiger partial charge in [0.25, 0.3) is 0 Å². The molecule has 0 spiro atoms. The Kier molecular flexibility index (Phi) is 5.40. The van der Waals surface area contributed by atoms with Crippen molar-refractivity contribution in [3.63, 3.8) is 0 Å². The Morgan fingerprint density at radius 1 is 0.457 bits per heavy atom. The fourth-order valence-electron chi connectivity index (χ4n) is 4.80. The van der Waals surface area contributed by atoms with Gasteiger partial charge in [0.1, 0.15) is 0 Å². The molecule has 0 saturated heterocycles. The van der Waals surface area contributed by atoms with E-state index in [4.69, 9.17) is 4.98 Å². The SMILES string of the molecule is Cc1ccc(-c2ccc(-c3cccc(-c4ccccn4)c3-c3ccccc3)c3cccnc23)cc1. The summed E-state index contributed by atoms with van der Waals surface area (Å²) < 4.78 is 0. The van der Waals surface area contributed by atoms with Crippen molar-refractivity contribution < 1.29 is 0 Å². The molecule has 0 aliphatic carbocycles. The lowest BCUT2D eigenvalue weighted by Crippen LogP contribution is -1.94. The fraction of sp³-hybridized carbons (Fsp3) is 0.0303. The molecule has 2 heteroatoms. The van der Waals surface area contributed by atoms with E-state index in [1.165, 1.54) is 33.4 Å². The zero-order chi connectivity index (χ0) is 23.6. The molecule has 0 saturated carbocycles. The average molecular weight is 449 g/mol.